The van der Waals surface area contributed by atoms with Gasteiger partial charge in [0.2, 0.25) is 11.8 Å². The Kier molecular flexibility index (Phi) is 6.90. The SMILES string of the molecule is C#CC1=C(C)c2cc3cc(C)c(cc4[nH]c(cc5nc(cc1n2)C(C)=C5CCC(N)=O)c(CCC(N)=O)c4C)[nH]3. The van der Waals surface area contributed by atoms with Gasteiger partial charge in [0, 0.05) is 34.9 Å². The lowest BCUT2D eigenvalue weighted by Crippen LogP contribution is -2.11. The van der Waals surface area contributed by atoms with Crippen LogP contribution < -0.4 is 11.5 Å². The van der Waals surface area contributed by atoms with Crippen molar-refractivity contribution in [3.63, 3.8) is 0 Å². The maximum atomic E-state index is 11.7. The van der Waals surface area contributed by atoms with Gasteiger partial charge in [-0.3, -0.25) is 9.59 Å². The largest absolute Gasteiger partial charge is 0.370 e. The highest BCUT2D eigenvalue weighted by atomic mass is 16.1. The predicted molar refractivity (Wildman–Crippen MR) is 160 cm³/mol. The molecule has 0 atom stereocenters. The quantitative estimate of drug-likeness (QED) is 0.327. The first kappa shape index (κ1) is 26.7. The highest BCUT2D eigenvalue weighted by molar-refractivity contribution is 6.00. The van der Waals surface area contributed by atoms with Crippen LogP contribution in [0.25, 0.3) is 44.4 Å². The maximum absolute atomic E-state index is 11.7. The molecule has 0 saturated heterocycles. The van der Waals surface area contributed by atoms with Crippen LogP contribution in [0.5, 0.6) is 0 Å². The number of allylic oxidation sites excluding steroid dienone is 4. The summed E-state index contributed by atoms with van der Waals surface area (Å²) in [5, 5.41) is 0. The van der Waals surface area contributed by atoms with Gasteiger partial charge in [0.25, 0.3) is 0 Å². The molecule has 0 fully saturated rings. The van der Waals surface area contributed by atoms with Crippen molar-refractivity contribution in [2.24, 2.45) is 11.5 Å². The molecule has 0 radical (unpaired) electrons. The van der Waals surface area contributed by atoms with E-state index in [1.54, 1.807) is 0 Å². The molecule has 8 bridgehead atoms. The molecule has 5 rings (SSSR count). The smallest absolute Gasteiger partial charge is 0.217 e. The third-order valence-corrected chi connectivity index (χ3v) is 7.69. The van der Waals surface area contributed by atoms with Crippen LogP contribution in [0.4, 0.5) is 0 Å². The van der Waals surface area contributed by atoms with Gasteiger partial charge in [0.05, 0.1) is 28.3 Å². The van der Waals surface area contributed by atoms with Gasteiger partial charge in [0.1, 0.15) is 0 Å². The average molecular weight is 533 g/mol. The summed E-state index contributed by atoms with van der Waals surface area (Å²) >= 11 is 0. The molecular formula is C32H32N6O2. The second kappa shape index (κ2) is 10.3. The molecule has 2 aliphatic rings. The molecular weight excluding hydrogens is 500 g/mol. The molecule has 2 amide bonds. The maximum Gasteiger partial charge on any atom is 0.217 e. The third kappa shape index (κ3) is 4.94. The molecule has 0 aliphatic carbocycles. The molecule has 202 valence electrons. The van der Waals surface area contributed by atoms with Crippen molar-refractivity contribution in [2.45, 2.75) is 53.4 Å². The normalized spacial score (nSPS) is 13.1. The van der Waals surface area contributed by atoms with Crippen molar-refractivity contribution >= 4 is 56.2 Å². The number of hydrogen-bond donors (Lipinski definition) is 4. The molecule has 0 saturated carbocycles. The number of aryl methyl sites for hydroxylation is 3. The van der Waals surface area contributed by atoms with Gasteiger partial charge in [-0.2, -0.15) is 0 Å². The predicted octanol–water partition coefficient (Wildman–Crippen LogP) is 5.11. The number of fused-ring (bicyclic) bond motifs is 8. The van der Waals surface area contributed by atoms with Gasteiger partial charge in [0.15, 0.2) is 0 Å². The van der Waals surface area contributed by atoms with Crippen LogP contribution in [0.1, 0.15) is 72.6 Å². The highest BCUT2D eigenvalue weighted by Gasteiger charge is 2.21. The van der Waals surface area contributed by atoms with E-state index < -0.39 is 0 Å². The summed E-state index contributed by atoms with van der Waals surface area (Å²) in [4.78, 5) is 40.3. The molecule has 8 nitrogen and oxygen atoms in total. The number of hydrogen-bond acceptors (Lipinski definition) is 4. The number of aromatic nitrogens is 4. The van der Waals surface area contributed by atoms with E-state index in [1.807, 2.05) is 45.9 Å². The Morgan fingerprint density at radius 1 is 0.775 bits per heavy atom. The summed E-state index contributed by atoms with van der Waals surface area (Å²) in [6, 6.07) is 10.0. The van der Waals surface area contributed by atoms with E-state index in [-0.39, 0.29) is 24.7 Å². The summed E-state index contributed by atoms with van der Waals surface area (Å²) in [6.07, 6.45) is 7.27. The minimum atomic E-state index is -0.381. The molecule has 5 heterocycles. The Morgan fingerprint density at radius 3 is 2.15 bits per heavy atom. The Morgan fingerprint density at radius 2 is 1.45 bits per heavy atom. The number of terminal acetylenes is 1. The Labute approximate surface area is 232 Å². The number of primary amides is 2. The number of rotatable bonds is 6. The van der Waals surface area contributed by atoms with Gasteiger partial charge < -0.3 is 21.4 Å². The van der Waals surface area contributed by atoms with Crippen LogP contribution in [-0.4, -0.2) is 31.8 Å². The number of nitrogens with one attached hydrogen (secondary N) is 2. The van der Waals surface area contributed by atoms with Crippen LogP contribution in [0.3, 0.4) is 0 Å². The first-order chi connectivity index (χ1) is 19.0. The molecule has 6 N–H and O–H groups in total. The topological polar surface area (TPSA) is 144 Å². The molecule has 0 unspecified atom stereocenters. The van der Waals surface area contributed by atoms with Crippen molar-refractivity contribution in [3.8, 4) is 12.3 Å². The van der Waals surface area contributed by atoms with Gasteiger partial charge in [-0.05, 0) is 104 Å². The van der Waals surface area contributed by atoms with Crippen LogP contribution in [0, 0.1) is 26.2 Å². The Balaban J connectivity index is 1.90. The number of aromatic amines is 2. The summed E-state index contributed by atoms with van der Waals surface area (Å²) in [7, 11) is 0. The van der Waals surface area contributed by atoms with Crippen LogP contribution in [0.15, 0.2) is 30.3 Å². The Hall–Kier alpha value is -4.90. The number of carbonyl (C=O) groups is 2. The average Bonchev–Trinajstić information content (AvgIpc) is 3.56. The minimum absolute atomic E-state index is 0.195. The molecule has 8 heteroatoms. The van der Waals surface area contributed by atoms with Gasteiger partial charge >= 0.3 is 0 Å². The second-order valence-corrected chi connectivity index (χ2v) is 10.4. The highest BCUT2D eigenvalue weighted by Crippen LogP contribution is 2.36. The van der Waals surface area contributed by atoms with E-state index >= 15 is 0 Å². The zero-order chi connectivity index (χ0) is 28.7. The summed E-state index contributed by atoms with van der Waals surface area (Å²) in [5.41, 5.74) is 24.1. The van der Waals surface area contributed by atoms with E-state index in [4.69, 9.17) is 27.9 Å². The lowest BCUT2D eigenvalue weighted by Gasteiger charge is -2.03. The first-order valence-electron chi connectivity index (χ1n) is 13.2. The number of nitrogens with zero attached hydrogens (tertiary/aromatic N) is 2. The van der Waals surface area contributed by atoms with Crippen molar-refractivity contribution < 1.29 is 9.59 Å². The zero-order valence-corrected chi connectivity index (χ0v) is 23.2. The number of carbonyl (C=O) groups excluding carboxylic acids is 2. The fourth-order valence-corrected chi connectivity index (χ4v) is 5.37. The molecule has 0 spiro atoms. The minimum Gasteiger partial charge on any atom is -0.370 e. The fourth-order valence-electron chi connectivity index (χ4n) is 5.37. The van der Waals surface area contributed by atoms with Gasteiger partial charge in [-0.1, -0.05) is 5.92 Å². The van der Waals surface area contributed by atoms with E-state index in [0.29, 0.717) is 18.5 Å². The van der Waals surface area contributed by atoms with E-state index in [0.717, 1.165) is 78.1 Å². The van der Waals surface area contributed by atoms with Gasteiger partial charge in [-0.15, -0.1) is 6.42 Å². The fraction of sp³-hybridized carbons (Fsp3) is 0.250. The van der Waals surface area contributed by atoms with Crippen LogP contribution >= 0.6 is 0 Å². The molecule has 2 aliphatic heterocycles. The molecule has 3 aromatic heterocycles. The van der Waals surface area contributed by atoms with Crippen molar-refractivity contribution in [1.29, 1.82) is 0 Å². The zero-order valence-electron chi connectivity index (χ0n) is 23.2. The van der Waals surface area contributed by atoms with Crippen molar-refractivity contribution in [2.75, 3.05) is 0 Å². The van der Waals surface area contributed by atoms with E-state index in [2.05, 4.69) is 28.0 Å². The molecule has 0 aromatic carbocycles. The van der Waals surface area contributed by atoms with Crippen molar-refractivity contribution in [1.82, 2.24) is 19.9 Å². The molecule has 3 aromatic rings. The monoisotopic (exact) mass is 532 g/mol. The third-order valence-electron chi connectivity index (χ3n) is 7.69. The van der Waals surface area contributed by atoms with Gasteiger partial charge in [-0.25, -0.2) is 9.97 Å². The van der Waals surface area contributed by atoms with Crippen molar-refractivity contribution in [3.05, 3.63) is 69.8 Å². The standard InChI is InChI=1S/C32H32N6O2/c1-6-21-17(3)25-12-20-11-16(2)24(35-20)13-26-18(4)22(7-9-31(33)39)29(37-26)15-30-23(8-10-32(34)40)19(5)27(38-30)14-28(21)36-25/h1,11-15,35,37H,7-10H2,2-5H3,(H2,33,39)(H2,34,40). The van der Waals surface area contributed by atoms with Crippen LogP contribution in [0.2, 0.25) is 0 Å². The second-order valence-electron chi connectivity index (χ2n) is 10.4. The summed E-state index contributed by atoms with van der Waals surface area (Å²) < 4.78 is 0. The first-order valence-corrected chi connectivity index (χ1v) is 13.2. The molecule has 40 heavy (non-hydrogen) atoms. The van der Waals surface area contributed by atoms with Crippen LogP contribution in [-0.2, 0) is 16.0 Å². The summed E-state index contributed by atoms with van der Waals surface area (Å²) in [5.74, 6) is 2.06. The lowest BCUT2D eigenvalue weighted by molar-refractivity contribution is -0.118. The Bertz CT molecular complexity index is 1860. The van der Waals surface area contributed by atoms with E-state index in [9.17, 15) is 9.59 Å². The number of amides is 2. The summed E-state index contributed by atoms with van der Waals surface area (Å²) in [6.45, 7) is 8.04. The van der Waals surface area contributed by atoms with E-state index in [1.165, 1.54) is 0 Å². The lowest BCUT2D eigenvalue weighted by atomic mass is 10.00. The number of H-pyrrole nitrogens is 2. The number of nitrogens with two attached hydrogens (primary N) is 2.